The van der Waals surface area contributed by atoms with Crippen molar-refractivity contribution in [3.8, 4) is 11.5 Å². The van der Waals surface area contributed by atoms with Gasteiger partial charge in [-0.1, -0.05) is 20.8 Å². The van der Waals surface area contributed by atoms with E-state index >= 15 is 0 Å². The van der Waals surface area contributed by atoms with Crippen molar-refractivity contribution in [2.45, 2.75) is 27.2 Å². The SMILES string of the molecule is COc1ccc(OCCC(C)(CCl)C(C)C)cc1. The maximum Gasteiger partial charge on any atom is 0.119 e. The third kappa shape index (κ3) is 4.09. The standard InChI is InChI=1S/C15H23ClO2/c1-12(2)15(3,11-16)9-10-18-14-7-5-13(17-4)6-8-14/h5-8,12H,9-11H2,1-4H3. The van der Waals surface area contributed by atoms with Crippen molar-refractivity contribution in [3.05, 3.63) is 24.3 Å². The highest BCUT2D eigenvalue weighted by Gasteiger charge is 2.27. The van der Waals surface area contributed by atoms with Gasteiger partial charge in [-0.25, -0.2) is 0 Å². The second kappa shape index (κ2) is 6.89. The Kier molecular flexibility index (Phi) is 5.80. The van der Waals surface area contributed by atoms with E-state index in [0.29, 0.717) is 18.4 Å². The summed E-state index contributed by atoms with van der Waals surface area (Å²) in [6.45, 7) is 7.31. The molecule has 0 amide bonds. The molecule has 1 rings (SSSR count). The molecule has 1 aromatic rings. The van der Waals surface area contributed by atoms with Crippen molar-refractivity contribution in [1.82, 2.24) is 0 Å². The molecule has 0 aliphatic heterocycles. The largest absolute Gasteiger partial charge is 0.497 e. The van der Waals surface area contributed by atoms with Crippen LogP contribution in [0.3, 0.4) is 0 Å². The zero-order valence-electron chi connectivity index (χ0n) is 11.7. The molecule has 102 valence electrons. The fourth-order valence-electron chi connectivity index (χ4n) is 1.58. The molecule has 0 spiro atoms. The summed E-state index contributed by atoms with van der Waals surface area (Å²) < 4.78 is 10.8. The van der Waals surface area contributed by atoms with Crippen LogP contribution in [-0.2, 0) is 0 Å². The van der Waals surface area contributed by atoms with Crippen molar-refractivity contribution in [2.75, 3.05) is 19.6 Å². The first-order valence-electron chi connectivity index (χ1n) is 6.34. The minimum absolute atomic E-state index is 0.133. The average molecular weight is 271 g/mol. The number of methoxy groups -OCH3 is 1. The molecule has 3 heteroatoms. The Morgan fingerprint density at radius 3 is 2.17 bits per heavy atom. The third-order valence-corrected chi connectivity index (χ3v) is 4.31. The first kappa shape index (κ1) is 15.2. The minimum Gasteiger partial charge on any atom is -0.497 e. The van der Waals surface area contributed by atoms with Crippen LogP contribution in [-0.4, -0.2) is 19.6 Å². The zero-order valence-corrected chi connectivity index (χ0v) is 12.5. The highest BCUT2D eigenvalue weighted by atomic mass is 35.5. The lowest BCUT2D eigenvalue weighted by Crippen LogP contribution is -2.27. The average Bonchev–Trinajstić information content (AvgIpc) is 2.39. The molecule has 0 radical (unpaired) electrons. The molecular weight excluding hydrogens is 248 g/mol. The Morgan fingerprint density at radius 2 is 1.72 bits per heavy atom. The molecule has 1 atom stereocenters. The van der Waals surface area contributed by atoms with Gasteiger partial charge in [0, 0.05) is 5.88 Å². The molecule has 0 saturated carbocycles. The fraction of sp³-hybridized carbons (Fsp3) is 0.600. The molecule has 18 heavy (non-hydrogen) atoms. The summed E-state index contributed by atoms with van der Waals surface area (Å²) in [4.78, 5) is 0. The molecule has 1 aromatic carbocycles. The van der Waals surface area contributed by atoms with Gasteiger partial charge in [0.2, 0.25) is 0 Å². The summed E-state index contributed by atoms with van der Waals surface area (Å²) >= 11 is 6.05. The Hall–Kier alpha value is -0.890. The van der Waals surface area contributed by atoms with Crippen molar-refractivity contribution in [2.24, 2.45) is 11.3 Å². The van der Waals surface area contributed by atoms with Crippen molar-refractivity contribution >= 4 is 11.6 Å². The van der Waals surface area contributed by atoms with Gasteiger partial charge in [-0.2, -0.15) is 0 Å². The number of hydrogen-bond donors (Lipinski definition) is 0. The Labute approximate surface area is 115 Å². The maximum absolute atomic E-state index is 6.05. The number of rotatable bonds is 7. The molecule has 2 nitrogen and oxygen atoms in total. The quantitative estimate of drug-likeness (QED) is 0.685. The summed E-state index contributed by atoms with van der Waals surface area (Å²) in [7, 11) is 1.66. The number of benzene rings is 1. The number of hydrogen-bond acceptors (Lipinski definition) is 2. The second-order valence-corrected chi connectivity index (χ2v) is 5.48. The van der Waals surface area contributed by atoms with Crippen LogP contribution in [0.25, 0.3) is 0 Å². The lowest BCUT2D eigenvalue weighted by Gasteiger charge is -2.31. The summed E-state index contributed by atoms with van der Waals surface area (Å²) in [6, 6.07) is 7.65. The molecule has 0 bridgehead atoms. The number of ether oxygens (including phenoxy) is 2. The molecule has 1 unspecified atom stereocenters. The predicted molar refractivity (Wildman–Crippen MR) is 76.8 cm³/mol. The lowest BCUT2D eigenvalue weighted by molar-refractivity contribution is 0.179. The fourth-order valence-corrected chi connectivity index (χ4v) is 2.03. The van der Waals surface area contributed by atoms with Crippen LogP contribution in [0.1, 0.15) is 27.2 Å². The summed E-state index contributed by atoms with van der Waals surface area (Å²) in [6.07, 6.45) is 0.959. The molecule has 0 aliphatic rings. The summed E-state index contributed by atoms with van der Waals surface area (Å²) in [5, 5.41) is 0. The van der Waals surface area contributed by atoms with Crippen LogP contribution in [0.4, 0.5) is 0 Å². The lowest BCUT2D eigenvalue weighted by atomic mass is 9.78. The molecule has 0 heterocycles. The predicted octanol–water partition coefficient (Wildman–Crippen LogP) is 4.37. The maximum atomic E-state index is 6.05. The van der Waals surface area contributed by atoms with E-state index in [1.165, 1.54) is 0 Å². The molecule has 0 N–H and O–H groups in total. The minimum atomic E-state index is 0.133. The normalized spacial score (nSPS) is 14.3. The van der Waals surface area contributed by atoms with E-state index in [0.717, 1.165) is 17.9 Å². The van der Waals surface area contributed by atoms with Gasteiger partial charge < -0.3 is 9.47 Å². The smallest absolute Gasteiger partial charge is 0.119 e. The van der Waals surface area contributed by atoms with Crippen LogP contribution >= 0.6 is 11.6 Å². The van der Waals surface area contributed by atoms with E-state index in [9.17, 15) is 0 Å². The highest BCUT2D eigenvalue weighted by Crippen LogP contribution is 2.32. The van der Waals surface area contributed by atoms with E-state index in [1.807, 2.05) is 24.3 Å². The summed E-state index contributed by atoms with van der Waals surface area (Å²) in [5.74, 6) is 2.93. The monoisotopic (exact) mass is 270 g/mol. The van der Waals surface area contributed by atoms with E-state index in [-0.39, 0.29) is 5.41 Å². The molecule has 0 aliphatic carbocycles. The van der Waals surface area contributed by atoms with E-state index in [1.54, 1.807) is 7.11 Å². The highest BCUT2D eigenvalue weighted by molar-refractivity contribution is 6.18. The molecular formula is C15H23ClO2. The van der Waals surface area contributed by atoms with Gasteiger partial charge in [-0.05, 0) is 42.0 Å². The van der Waals surface area contributed by atoms with Gasteiger partial charge in [0.25, 0.3) is 0 Å². The molecule has 0 aromatic heterocycles. The van der Waals surface area contributed by atoms with Crippen LogP contribution in [0.2, 0.25) is 0 Å². The number of halogens is 1. The van der Waals surface area contributed by atoms with Gasteiger partial charge in [-0.3, -0.25) is 0 Å². The Balaban J connectivity index is 2.45. The van der Waals surface area contributed by atoms with Crippen molar-refractivity contribution in [1.29, 1.82) is 0 Å². The van der Waals surface area contributed by atoms with Gasteiger partial charge in [0.15, 0.2) is 0 Å². The number of alkyl halides is 1. The molecule has 0 fully saturated rings. The van der Waals surface area contributed by atoms with E-state index in [2.05, 4.69) is 20.8 Å². The van der Waals surface area contributed by atoms with Crippen LogP contribution < -0.4 is 9.47 Å². The first-order chi connectivity index (χ1) is 8.51. The van der Waals surface area contributed by atoms with Gasteiger partial charge >= 0.3 is 0 Å². The topological polar surface area (TPSA) is 18.5 Å². The second-order valence-electron chi connectivity index (χ2n) is 5.22. The van der Waals surface area contributed by atoms with Gasteiger partial charge in [-0.15, -0.1) is 11.6 Å². The summed E-state index contributed by atoms with van der Waals surface area (Å²) in [5.41, 5.74) is 0.133. The van der Waals surface area contributed by atoms with Crippen molar-refractivity contribution in [3.63, 3.8) is 0 Å². The Bertz CT molecular complexity index is 348. The van der Waals surface area contributed by atoms with E-state index in [4.69, 9.17) is 21.1 Å². The molecule has 0 saturated heterocycles. The van der Waals surface area contributed by atoms with Crippen LogP contribution in [0.15, 0.2) is 24.3 Å². The first-order valence-corrected chi connectivity index (χ1v) is 6.88. The zero-order chi connectivity index (χ0) is 13.6. The van der Waals surface area contributed by atoms with E-state index < -0.39 is 0 Å². The van der Waals surface area contributed by atoms with Crippen LogP contribution in [0.5, 0.6) is 11.5 Å². The Morgan fingerprint density at radius 1 is 1.17 bits per heavy atom. The third-order valence-electron chi connectivity index (χ3n) is 3.70. The van der Waals surface area contributed by atoms with Gasteiger partial charge in [0.05, 0.1) is 13.7 Å². The van der Waals surface area contributed by atoms with Gasteiger partial charge in [0.1, 0.15) is 11.5 Å². The van der Waals surface area contributed by atoms with Crippen molar-refractivity contribution < 1.29 is 9.47 Å². The van der Waals surface area contributed by atoms with Crippen LogP contribution in [0, 0.1) is 11.3 Å².